The topological polar surface area (TPSA) is 169 Å². The normalized spacial score (nSPS) is 18.9. The monoisotopic (exact) mass is 517 g/mol. The summed E-state index contributed by atoms with van der Waals surface area (Å²) in [6, 6.07) is 3.86. The van der Waals surface area contributed by atoms with Crippen LogP contribution in [0.25, 0.3) is 0 Å². The van der Waals surface area contributed by atoms with Crippen LogP contribution in [0.5, 0.6) is 0 Å². The first kappa shape index (κ1) is 31.6. The number of benzene rings is 1. The van der Waals surface area contributed by atoms with E-state index in [-0.39, 0.29) is 87.8 Å². The number of hydrogen-bond acceptors (Lipinski definition) is 7. The smallest absolute Gasteiger partial charge is 1.00 e. The summed E-state index contributed by atoms with van der Waals surface area (Å²) in [5.74, 6) is -0.938. The van der Waals surface area contributed by atoms with Gasteiger partial charge in [-0.3, -0.25) is 9.11 Å². The SMILES string of the molecule is CC1=[N+](CCCS(=O)(=O)O)c2ccc(S(=O)(=O)[O-])cc2C1(C)CCCS(=O)(=O)O.[H-].[H-].[Na+].[Na+]. The van der Waals surface area contributed by atoms with E-state index in [9.17, 15) is 29.8 Å². The van der Waals surface area contributed by atoms with Crippen molar-refractivity contribution in [2.45, 2.75) is 43.4 Å². The summed E-state index contributed by atoms with van der Waals surface area (Å²) in [6.07, 6.45) is 0.417. The minimum absolute atomic E-state index is 0. The van der Waals surface area contributed by atoms with Crippen molar-refractivity contribution in [1.29, 1.82) is 0 Å². The van der Waals surface area contributed by atoms with Crippen LogP contribution in [-0.4, -0.2) is 67.2 Å². The van der Waals surface area contributed by atoms with Crippen LogP contribution in [0.3, 0.4) is 0 Å². The van der Waals surface area contributed by atoms with Gasteiger partial charge in [0.25, 0.3) is 20.2 Å². The molecule has 1 aliphatic heterocycles. The van der Waals surface area contributed by atoms with E-state index < -0.39 is 52.2 Å². The first-order chi connectivity index (χ1) is 13.0. The van der Waals surface area contributed by atoms with Gasteiger partial charge in [-0.1, -0.05) is 0 Å². The molecule has 0 aromatic heterocycles. The van der Waals surface area contributed by atoms with Gasteiger partial charge in [-0.25, -0.2) is 8.42 Å². The molecule has 31 heavy (non-hydrogen) atoms. The Bertz CT molecular complexity index is 1170. The summed E-state index contributed by atoms with van der Waals surface area (Å²) in [5.41, 5.74) is 0.936. The molecular weight excluding hydrogens is 492 g/mol. The van der Waals surface area contributed by atoms with Crippen molar-refractivity contribution in [3.63, 3.8) is 0 Å². The van der Waals surface area contributed by atoms with Gasteiger partial charge in [-0.05, 0) is 31.9 Å². The minimum Gasteiger partial charge on any atom is -1.00 e. The number of rotatable bonds is 9. The van der Waals surface area contributed by atoms with E-state index in [0.29, 0.717) is 17.0 Å². The van der Waals surface area contributed by atoms with Crippen LogP contribution in [0.1, 0.15) is 41.5 Å². The summed E-state index contributed by atoms with van der Waals surface area (Å²) in [7, 11) is -13.0. The molecule has 2 rings (SSSR count). The number of hydrogen-bond donors (Lipinski definition) is 2. The molecule has 10 nitrogen and oxygen atoms in total. The quantitative estimate of drug-likeness (QED) is 0.185. The molecule has 0 spiro atoms. The van der Waals surface area contributed by atoms with E-state index in [1.807, 2.05) is 0 Å². The van der Waals surface area contributed by atoms with E-state index in [2.05, 4.69) is 0 Å². The average Bonchev–Trinajstić information content (AvgIpc) is 2.73. The van der Waals surface area contributed by atoms with E-state index >= 15 is 0 Å². The third-order valence-corrected chi connectivity index (χ3v) is 7.65. The van der Waals surface area contributed by atoms with Crippen LogP contribution in [0.2, 0.25) is 0 Å². The van der Waals surface area contributed by atoms with Crippen LogP contribution in [0.15, 0.2) is 23.1 Å². The van der Waals surface area contributed by atoms with Gasteiger partial charge in [0.2, 0.25) is 5.69 Å². The Balaban J connectivity index is -0.00000225. The van der Waals surface area contributed by atoms with Crippen molar-refractivity contribution >= 4 is 41.8 Å². The van der Waals surface area contributed by atoms with E-state index in [1.54, 1.807) is 18.4 Å². The molecule has 1 aromatic rings. The van der Waals surface area contributed by atoms with Crippen LogP contribution < -0.4 is 59.1 Å². The Morgan fingerprint density at radius 2 is 1.52 bits per heavy atom. The van der Waals surface area contributed by atoms with Crippen LogP contribution in [0.4, 0.5) is 5.69 Å². The van der Waals surface area contributed by atoms with Crippen molar-refractivity contribution in [3.8, 4) is 0 Å². The molecule has 1 aromatic carbocycles. The fraction of sp³-hybridized carbons (Fsp3) is 0.562. The van der Waals surface area contributed by atoms with Crippen LogP contribution in [-0.2, 0) is 35.8 Å². The molecule has 15 heteroatoms. The van der Waals surface area contributed by atoms with Gasteiger partial charge in [0.1, 0.15) is 16.7 Å². The first-order valence-electron chi connectivity index (χ1n) is 8.67. The zero-order valence-electron chi connectivity index (χ0n) is 19.9. The van der Waals surface area contributed by atoms with Crippen LogP contribution >= 0.6 is 0 Å². The van der Waals surface area contributed by atoms with Crippen molar-refractivity contribution in [3.05, 3.63) is 23.8 Å². The molecule has 0 saturated carbocycles. The van der Waals surface area contributed by atoms with E-state index in [0.717, 1.165) is 6.07 Å². The maximum Gasteiger partial charge on any atom is 1.00 e. The maximum absolute atomic E-state index is 11.5. The third kappa shape index (κ3) is 8.41. The maximum atomic E-state index is 11.5. The van der Waals surface area contributed by atoms with Gasteiger partial charge >= 0.3 is 59.1 Å². The fourth-order valence-corrected chi connectivity index (χ4v) is 5.14. The Morgan fingerprint density at radius 3 is 2.00 bits per heavy atom. The fourth-order valence-electron chi connectivity index (χ4n) is 3.64. The van der Waals surface area contributed by atoms with Gasteiger partial charge in [0.05, 0.1) is 21.8 Å². The Hall–Kier alpha value is 0.620. The number of nitrogens with zero attached hydrogens (tertiary/aromatic N) is 1. The molecule has 1 heterocycles. The Morgan fingerprint density at radius 1 is 1.00 bits per heavy atom. The van der Waals surface area contributed by atoms with Gasteiger partial charge < -0.3 is 7.41 Å². The Kier molecular flexibility index (Phi) is 11.6. The first-order valence-corrected chi connectivity index (χ1v) is 13.3. The second kappa shape index (κ2) is 11.4. The molecule has 0 fully saturated rings. The Labute approximate surface area is 230 Å². The third-order valence-electron chi connectivity index (χ3n) is 5.21. The zero-order chi connectivity index (χ0) is 22.3. The second-order valence-electron chi connectivity index (χ2n) is 7.23. The van der Waals surface area contributed by atoms with Gasteiger partial charge in [-0.2, -0.15) is 21.4 Å². The summed E-state index contributed by atoms with van der Waals surface area (Å²) in [4.78, 5) is -0.426. The molecule has 1 unspecified atom stereocenters. The average molecular weight is 518 g/mol. The molecule has 168 valence electrons. The molecule has 0 amide bonds. The van der Waals surface area contributed by atoms with E-state index in [4.69, 9.17) is 9.11 Å². The predicted molar refractivity (Wildman–Crippen MR) is 106 cm³/mol. The van der Waals surface area contributed by atoms with Gasteiger partial charge in [-0.15, -0.1) is 0 Å². The summed E-state index contributed by atoms with van der Waals surface area (Å²) in [5, 5.41) is 0. The molecule has 0 aliphatic carbocycles. The van der Waals surface area contributed by atoms with E-state index in [1.165, 1.54) is 12.1 Å². The molecule has 1 atom stereocenters. The van der Waals surface area contributed by atoms with Gasteiger partial charge in [0, 0.05) is 25.0 Å². The summed E-state index contributed by atoms with van der Waals surface area (Å²) >= 11 is 0. The van der Waals surface area contributed by atoms with Gasteiger partial charge in [0.15, 0.2) is 5.71 Å². The summed E-state index contributed by atoms with van der Waals surface area (Å²) in [6.45, 7) is 3.71. The van der Waals surface area contributed by atoms with Crippen molar-refractivity contribution < 1.29 is 105 Å². The minimum atomic E-state index is -4.72. The largest absolute Gasteiger partial charge is 1.00 e. The zero-order valence-corrected chi connectivity index (χ0v) is 24.3. The molecule has 0 saturated heterocycles. The van der Waals surface area contributed by atoms with Crippen molar-refractivity contribution in [1.82, 2.24) is 0 Å². The predicted octanol–water partition coefficient (Wildman–Crippen LogP) is -4.85. The second-order valence-corrected chi connectivity index (χ2v) is 11.8. The standard InChI is InChI=1S/C16H23NO9S3.2Na.2H/c1-12-16(2,7-3-9-27(18,19)20)14-11-13(29(24,25)26)5-6-15(14)17(12)8-4-10-28(21,22)23;;;;/h5-6,11H,3-4,7-10H2,1-2H3,(H2-,18,19,20,21,22,23,24,25,26);;;;/q;2*+1;2*-1. The molecule has 2 N–H and O–H groups in total. The van der Waals surface area contributed by atoms with Crippen molar-refractivity contribution in [2.24, 2.45) is 0 Å². The summed E-state index contributed by atoms with van der Waals surface area (Å²) < 4.78 is 98.2. The molecular formula is C16H25NNa2O9S3. The van der Waals surface area contributed by atoms with Crippen molar-refractivity contribution in [2.75, 3.05) is 18.1 Å². The number of fused-ring (bicyclic) bond motifs is 1. The molecule has 0 radical (unpaired) electrons. The van der Waals surface area contributed by atoms with Crippen LogP contribution in [0, 0.1) is 0 Å². The molecule has 0 bridgehead atoms. The molecule has 1 aliphatic rings.